The van der Waals surface area contributed by atoms with E-state index in [-0.39, 0.29) is 21.8 Å². The van der Waals surface area contributed by atoms with E-state index in [1.807, 2.05) is 0 Å². The van der Waals surface area contributed by atoms with Crippen molar-refractivity contribution in [2.45, 2.75) is 4.90 Å². The molecule has 0 atom stereocenters. The van der Waals surface area contributed by atoms with Crippen LogP contribution in [-0.4, -0.2) is 18.1 Å². The van der Waals surface area contributed by atoms with Crippen molar-refractivity contribution >= 4 is 55.2 Å². The number of nitrogen functional groups attached to an aromatic ring is 2. The molecule has 0 aliphatic rings. The second kappa shape index (κ2) is 6.45. The Hall–Kier alpha value is -2.88. The molecule has 26 heavy (non-hydrogen) atoms. The number of fused-ring (bicyclic) bond motifs is 1. The maximum atomic E-state index is 11.3. The lowest BCUT2D eigenvalue weighted by atomic mass is 10.1. The number of phenolic OH excluding ortho intramolecular Hbond substituents is 1. The van der Waals surface area contributed by atoms with Crippen molar-refractivity contribution in [1.29, 1.82) is 0 Å². The molecule has 0 heterocycles. The Balaban J connectivity index is 2.19. The molecule has 0 aromatic heterocycles. The van der Waals surface area contributed by atoms with Gasteiger partial charge in [-0.2, -0.15) is 8.42 Å². The lowest BCUT2D eigenvalue weighted by molar-refractivity contribution is 0.471. The fourth-order valence-corrected chi connectivity index (χ4v) is 3.14. The largest absolute Gasteiger partial charge is 0.507 e. The van der Waals surface area contributed by atoms with Crippen LogP contribution in [0.5, 0.6) is 5.75 Å². The number of nitrogens with two attached hydrogens (primary N) is 2. The first-order chi connectivity index (χ1) is 12.2. The minimum Gasteiger partial charge on any atom is -0.507 e. The van der Waals surface area contributed by atoms with Gasteiger partial charge in [-0.25, -0.2) is 0 Å². The summed E-state index contributed by atoms with van der Waals surface area (Å²) in [7, 11) is -4.48. The third-order valence-corrected chi connectivity index (χ3v) is 4.74. The van der Waals surface area contributed by atoms with Gasteiger partial charge in [0.05, 0.1) is 21.0 Å². The van der Waals surface area contributed by atoms with Gasteiger partial charge in [-0.1, -0.05) is 17.7 Å². The summed E-state index contributed by atoms with van der Waals surface area (Å²) in [5.74, 6) is -0.417. The van der Waals surface area contributed by atoms with E-state index >= 15 is 0 Å². The average Bonchev–Trinajstić information content (AvgIpc) is 2.54. The van der Waals surface area contributed by atoms with Crippen molar-refractivity contribution in [3.8, 4) is 5.75 Å². The molecule has 8 nitrogen and oxygen atoms in total. The molecular formula is C16H13ClN4O4S. The van der Waals surface area contributed by atoms with Crippen molar-refractivity contribution in [1.82, 2.24) is 0 Å². The third-order valence-electron chi connectivity index (χ3n) is 3.60. The summed E-state index contributed by atoms with van der Waals surface area (Å²) in [6.45, 7) is 0. The van der Waals surface area contributed by atoms with Gasteiger partial charge in [0, 0.05) is 11.8 Å². The topological polar surface area (TPSA) is 151 Å². The molecule has 0 saturated carbocycles. The Morgan fingerprint density at radius 3 is 2.38 bits per heavy atom. The van der Waals surface area contributed by atoms with Gasteiger partial charge in [-0.3, -0.25) is 4.55 Å². The molecule has 10 heteroatoms. The minimum atomic E-state index is -4.48. The van der Waals surface area contributed by atoms with Crippen molar-refractivity contribution in [3.63, 3.8) is 0 Å². The van der Waals surface area contributed by atoms with Crippen molar-refractivity contribution in [2.75, 3.05) is 11.5 Å². The summed E-state index contributed by atoms with van der Waals surface area (Å²) >= 11 is 6.05. The molecule has 0 radical (unpaired) electrons. The van der Waals surface area contributed by atoms with Gasteiger partial charge in [0.15, 0.2) is 0 Å². The second-order valence-electron chi connectivity index (χ2n) is 5.43. The summed E-state index contributed by atoms with van der Waals surface area (Å²) in [5, 5.41) is 19.1. The van der Waals surface area contributed by atoms with Gasteiger partial charge in [0.1, 0.15) is 17.1 Å². The van der Waals surface area contributed by atoms with Crippen LogP contribution in [0.25, 0.3) is 10.8 Å². The van der Waals surface area contributed by atoms with Gasteiger partial charge < -0.3 is 16.6 Å². The predicted octanol–water partition coefficient (Wildman–Crippen LogP) is 4.03. The van der Waals surface area contributed by atoms with Gasteiger partial charge in [0.25, 0.3) is 10.1 Å². The zero-order chi connectivity index (χ0) is 19.1. The van der Waals surface area contributed by atoms with Crippen LogP contribution >= 0.6 is 11.6 Å². The lowest BCUT2D eigenvalue weighted by Crippen LogP contribution is -1.98. The first kappa shape index (κ1) is 17.9. The summed E-state index contributed by atoms with van der Waals surface area (Å²) < 4.78 is 31.8. The van der Waals surface area contributed by atoms with E-state index in [1.165, 1.54) is 24.3 Å². The van der Waals surface area contributed by atoms with Crippen LogP contribution in [0.3, 0.4) is 0 Å². The Kier molecular flexibility index (Phi) is 4.45. The molecule has 0 bridgehead atoms. The van der Waals surface area contributed by atoms with E-state index in [2.05, 4.69) is 10.2 Å². The van der Waals surface area contributed by atoms with Crippen LogP contribution in [0, 0.1) is 0 Å². The number of rotatable bonds is 3. The molecule has 0 spiro atoms. The van der Waals surface area contributed by atoms with Gasteiger partial charge >= 0.3 is 0 Å². The molecule has 6 N–H and O–H groups in total. The van der Waals surface area contributed by atoms with E-state index in [0.29, 0.717) is 16.8 Å². The monoisotopic (exact) mass is 392 g/mol. The number of benzene rings is 3. The molecule has 3 rings (SSSR count). The number of hydrogen-bond donors (Lipinski definition) is 4. The standard InChI is InChI=1S/C16H13ClN4O4S/c17-11-6-9(18)2-4-13(11)20-21-16-12(19)3-1-8-5-10(26(23,24)25)7-14(22)15(8)16/h1-7,22H,18-19H2,(H,23,24,25). The maximum absolute atomic E-state index is 11.3. The minimum absolute atomic E-state index is 0.134. The lowest BCUT2D eigenvalue weighted by Gasteiger charge is -2.09. The number of anilines is 2. The number of halogens is 1. The molecule has 0 fully saturated rings. The Morgan fingerprint density at radius 1 is 1.00 bits per heavy atom. The molecule has 0 unspecified atom stereocenters. The second-order valence-corrected chi connectivity index (χ2v) is 7.26. The van der Waals surface area contributed by atoms with Crippen molar-refractivity contribution < 1.29 is 18.1 Å². The van der Waals surface area contributed by atoms with Crippen molar-refractivity contribution in [3.05, 3.63) is 47.5 Å². The quantitative estimate of drug-likeness (QED) is 0.300. The SMILES string of the molecule is Nc1ccc(N=Nc2c(N)ccc3cc(S(=O)(=O)O)cc(O)c23)c(Cl)c1. The van der Waals surface area contributed by atoms with Gasteiger partial charge in [-0.05, 0) is 35.7 Å². The van der Waals surface area contributed by atoms with Crippen LogP contribution in [0.15, 0.2) is 57.6 Å². The highest BCUT2D eigenvalue weighted by Crippen LogP contribution is 2.40. The highest BCUT2D eigenvalue weighted by molar-refractivity contribution is 7.85. The predicted molar refractivity (Wildman–Crippen MR) is 99.9 cm³/mol. The summed E-state index contributed by atoms with van der Waals surface area (Å²) in [6, 6.07) is 9.76. The molecular weight excluding hydrogens is 380 g/mol. The van der Waals surface area contributed by atoms with Gasteiger partial charge in [0.2, 0.25) is 0 Å². The van der Waals surface area contributed by atoms with E-state index in [1.54, 1.807) is 12.1 Å². The molecule has 0 aliphatic heterocycles. The summed E-state index contributed by atoms with van der Waals surface area (Å²) in [6.07, 6.45) is 0. The Morgan fingerprint density at radius 2 is 1.73 bits per heavy atom. The highest BCUT2D eigenvalue weighted by Gasteiger charge is 2.16. The number of hydrogen-bond acceptors (Lipinski definition) is 7. The molecule has 0 aliphatic carbocycles. The van der Waals surface area contributed by atoms with Crippen LogP contribution in [0.2, 0.25) is 5.02 Å². The fourth-order valence-electron chi connectivity index (χ4n) is 2.38. The molecule has 134 valence electrons. The molecule has 0 amide bonds. The first-order valence-corrected chi connectivity index (χ1v) is 8.98. The number of aromatic hydroxyl groups is 1. The smallest absolute Gasteiger partial charge is 0.294 e. The third kappa shape index (κ3) is 3.40. The molecule has 3 aromatic carbocycles. The summed E-state index contributed by atoms with van der Waals surface area (Å²) in [4.78, 5) is -0.447. The molecule has 0 saturated heterocycles. The van der Waals surface area contributed by atoms with Gasteiger partial charge in [-0.15, -0.1) is 10.2 Å². The first-order valence-electron chi connectivity index (χ1n) is 7.16. The average molecular weight is 393 g/mol. The summed E-state index contributed by atoms with van der Waals surface area (Å²) in [5.41, 5.74) is 12.7. The zero-order valence-corrected chi connectivity index (χ0v) is 14.7. The number of azo groups is 1. The normalized spacial score (nSPS) is 12.1. The Labute approximate surface area is 153 Å². The zero-order valence-electron chi connectivity index (χ0n) is 13.1. The van der Waals surface area contributed by atoms with E-state index in [4.69, 9.17) is 23.1 Å². The van der Waals surface area contributed by atoms with Crippen LogP contribution in [0.1, 0.15) is 0 Å². The van der Waals surface area contributed by atoms with Crippen LogP contribution < -0.4 is 11.5 Å². The molecule has 3 aromatic rings. The number of phenols is 1. The van der Waals surface area contributed by atoms with Crippen molar-refractivity contribution in [2.24, 2.45) is 10.2 Å². The fraction of sp³-hybridized carbons (Fsp3) is 0. The van der Waals surface area contributed by atoms with E-state index < -0.39 is 20.8 Å². The highest BCUT2D eigenvalue weighted by atomic mass is 35.5. The maximum Gasteiger partial charge on any atom is 0.294 e. The van der Waals surface area contributed by atoms with Crippen LogP contribution in [0.4, 0.5) is 22.7 Å². The number of nitrogens with zero attached hydrogens (tertiary/aromatic N) is 2. The van der Waals surface area contributed by atoms with E-state index in [9.17, 15) is 18.1 Å². The van der Waals surface area contributed by atoms with Crippen LogP contribution in [-0.2, 0) is 10.1 Å². The Bertz CT molecular complexity index is 1160. The van der Waals surface area contributed by atoms with E-state index in [0.717, 1.165) is 6.07 Å².